The highest BCUT2D eigenvalue weighted by atomic mass is 16.2. The highest BCUT2D eigenvalue weighted by Crippen LogP contribution is 2.34. The topological polar surface area (TPSA) is 66.3 Å². The normalized spacial score (nSPS) is 23.2. The number of aryl methyl sites for hydroxylation is 1. The van der Waals surface area contributed by atoms with Gasteiger partial charge in [0, 0.05) is 56.2 Å². The van der Waals surface area contributed by atoms with Gasteiger partial charge in [0.1, 0.15) is 6.54 Å². The number of nitrogens with zero attached hydrogens (tertiary/aromatic N) is 5. The Balaban J connectivity index is 1.32. The fourth-order valence-corrected chi connectivity index (χ4v) is 4.55. The number of carbonyl (C=O) groups excluding carboxylic acids is 1. The van der Waals surface area contributed by atoms with Crippen LogP contribution in [0, 0.1) is 6.92 Å². The van der Waals surface area contributed by atoms with Crippen molar-refractivity contribution in [2.24, 2.45) is 0 Å². The van der Waals surface area contributed by atoms with Crippen LogP contribution in [0.25, 0.3) is 0 Å². The number of anilines is 1. The second kappa shape index (κ2) is 8.95. The highest BCUT2D eigenvalue weighted by Gasteiger charge is 2.25. The van der Waals surface area contributed by atoms with E-state index in [1.807, 2.05) is 29.6 Å². The molecule has 2 aromatic heterocycles. The monoisotopic (exact) mass is 396 g/mol. The van der Waals surface area contributed by atoms with Crippen molar-refractivity contribution in [3.8, 4) is 0 Å². The van der Waals surface area contributed by atoms with E-state index in [1.165, 1.54) is 24.1 Å². The van der Waals surface area contributed by atoms with Crippen molar-refractivity contribution in [2.75, 3.05) is 38.5 Å². The Hall–Kier alpha value is -2.41. The molecule has 1 saturated heterocycles. The summed E-state index contributed by atoms with van der Waals surface area (Å²) in [6.45, 7) is 5.95. The lowest BCUT2D eigenvalue weighted by atomic mass is 9.82. The summed E-state index contributed by atoms with van der Waals surface area (Å²) >= 11 is 0. The third-order valence-corrected chi connectivity index (χ3v) is 6.27. The standard InChI is InChI=1S/C22H32N6O/c1-17-5-4-8-23-22(17)18-6-3-7-19(13-18)25-20-14-24-28(15-20)16-21(29)27-11-9-26(2)10-12-27/h4-5,8,14-15,18-19,25H,3,6-7,9-13,16H2,1-2H3. The minimum absolute atomic E-state index is 0.149. The van der Waals surface area contributed by atoms with Crippen molar-refractivity contribution >= 4 is 11.6 Å². The van der Waals surface area contributed by atoms with Crippen LogP contribution in [0.2, 0.25) is 0 Å². The molecule has 2 unspecified atom stereocenters. The molecule has 29 heavy (non-hydrogen) atoms. The van der Waals surface area contributed by atoms with Gasteiger partial charge < -0.3 is 15.1 Å². The van der Waals surface area contributed by atoms with Gasteiger partial charge in [-0.2, -0.15) is 5.10 Å². The Kier molecular flexibility index (Phi) is 6.13. The highest BCUT2D eigenvalue weighted by molar-refractivity contribution is 5.76. The first-order chi connectivity index (χ1) is 14.1. The Morgan fingerprint density at radius 2 is 2.07 bits per heavy atom. The number of carbonyl (C=O) groups is 1. The number of nitrogens with one attached hydrogen (secondary N) is 1. The van der Waals surface area contributed by atoms with E-state index in [0.717, 1.165) is 44.7 Å². The van der Waals surface area contributed by atoms with Crippen molar-refractivity contribution in [1.29, 1.82) is 0 Å². The lowest BCUT2D eigenvalue weighted by molar-refractivity contribution is -0.133. The zero-order valence-electron chi connectivity index (χ0n) is 17.5. The third kappa shape index (κ3) is 4.96. The number of pyridine rings is 1. The van der Waals surface area contributed by atoms with Crippen molar-refractivity contribution in [2.45, 2.75) is 51.1 Å². The number of piperazine rings is 1. The molecule has 1 amide bonds. The van der Waals surface area contributed by atoms with Crippen LogP contribution in [0.1, 0.15) is 42.9 Å². The molecule has 156 valence electrons. The molecule has 1 aliphatic heterocycles. The summed E-state index contributed by atoms with van der Waals surface area (Å²) in [5, 5.41) is 8.04. The molecular formula is C22H32N6O. The second-order valence-corrected chi connectivity index (χ2v) is 8.52. The lowest BCUT2D eigenvalue weighted by Crippen LogP contribution is -2.48. The average molecular weight is 397 g/mol. The largest absolute Gasteiger partial charge is 0.380 e. The van der Waals surface area contributed by atoms with Crippen LogP contribution < -0.4 is 5.32 Å². The van der Waals surface area contributed by atoms with Crippen LogP contribution in [0.5, 0.6) is 0 Å². The summed E-state index contributed by atoms with van der Waals surface area (Å²) < 4.78 is 1.76. The summed E-state index contributed by atoms with van der Waals surface area (Å²) in [6, 6.07) is 4.58. The van der Waals surface area contributed by atoms with Crippen LogP contribution in [-0.2, 0) is 11.3 Å². The maximum atomic E-state index is 12.5. The van der Waals surface area contributed by atoms with Gasteiger partial charge in [0.15, 0.2) is 0 Å². The van der Waals surface area contributed by atoms with E-state index in [0.29, 0.717) is 18.5 Å². The molecule has 1 saturated carbocycles. The second-order valence-electron chi connectivity index (χ2n) is 8.52. The van der Waals surface area contributed by atoms with E-state index in [1.54, 1.807) is 4.68 Å². The molecule has 2 aromatic rings. The number of rotatable bonds is 5. The quantitative estimate of drug-likeness (QED) is 0.841. The molecule has 2 aliphatic rings. The zero-order chi connectivity index (χ0) is 20.2. The van der Waals surface area contributed by atoms with Gasteiger partial charge in [0.05, 0.1) is 11.9 Å². The summed E-state index contributed by atoms with van der Waals surface area (Å²) in [5.41, 5.74) is 3.53. The van der Waals surface area contributed by atoms with Gasteiger partial charge in [0.25, 0.3) is 0 Å². The van der Waals surface area contributed by atoms with E-state index in [2.05, 4.69) is 40.3 Å². The smallest absolute Gasteiger partial charge is 0.244 e. The maximum Gasteiger partial charge on any atom is 0.244 e. The van der Waals surface area contributed by atoms with Gasteiger partial charge in [0.2, 0.25) is 5.91 Å². The van der Waals surface area contributed by atoms with E-state index >= 15 is 0 Å². The van der Waals surface area contributed by atoms with Crippen LogP contribution in [0.4, 0.5) is 5.69 Å². The number of aromatic nitrogens is 3. The Morgan fingerprint density at radius 3 is 2.86 bits per heavy atom. The summed E-state index contributed by atoms with van der Waals surface area (Å²) in [7, 11) is 2.10. The zero-order valence-corrected chi connectivity index (χ0v) is 17.5. The first-order valence-electron chi connectivity index (χ1n) is 10.8. The van der Waals surface area contributed by atoms with Gasteiger partial charge in [-0.1, -0.05) is 12.5 Å². The molecule has 3 heterocycles. The average Bonchev–Trinajstić information content (AvgIpc) is 3.15. The maximum absolute atomic E-state index is 12.5. The van der Waals surface area contributed by atoms with Crippen LogP contribution >= 0.6 is 0 Å². The molecule has 0 spiro atoms. The van der Waals surface area contributed by atoms with Crippen molar-refractivity contribution in [3.05, 3.63) is 42.0 Å². The molecule has 0 radical (unpaired) electrons. The van der Waals surface area contributed by atoms with E-state index in [-0.39, 0.29) is 5.91 Å². The molecule has 4 rings (SSSR count). The van der Waals surface area contributed by atoms with Crippen molar-refractivity contribution in [1.82, 2.24) is 24.6 Å². The summed E-state index contributed by atoms with van der Waals surface area (Å²) in [6.07, 6.45) is 10.4. The van der Waals surface area contributed by atoms with Gasteiger partial charge in [-0.25, -0.2) is 0 Å². The first-order valence-corrected chi connectivity index (χ1v) is 10.8. The minimum atomic E-state index is 0.149. The lowest BCUT2D eigenvalue weighted by Gasteiger charge is -2.32. The third-order valence-electron chi connectivity index (χ3n) is 6.27. The summed E-state index contributed by atoms with van der Waals surface area (Å²) in [5.74, 6) is 0.660. The Bertz CT molecular complexity index is 826. The molecule has 1 N–H and O–H groups in total. The van der Waals surface area contributed by atoms with Crippen molar-refractivity contribution in [3.63, 3.8) is 0 Å². The van der Waals surface area contributed by atoms with E-state index in [4.69, 9.17) is 0 Å². The number of amides is 1. The molecule has 0 aromatic carbocycles. The Labute approximate surface area is 173 Å². The predicted molar refractivity (Wildman–Crippen MR) is 114 cm³/mol. The first kappa shape index (κ1) is 19.9. The fourth-order valence-electron chi connectivity index (χ4n) is 4.55. The molecule has 7 nitrogen and oxygen atoms in total. The molecule has 2 fully saturated rings. The van der Waals surface area contributed by atoms with Crippen LogP contribution in [-0.4, -0.2) is 69.7 Å². The fraction of sp³-hybridized carbons (Fsp3) is 0.591. The molecule has 1 aliphatic carbocycles. The Morgan fingerprint density at radius 1 is 1.24 bits per heavy atom. The minimum Gasteiger partial charge on any atom is -0.380 e. The number of likely N-dealkylation sites (N-methyl/N-ethyl adjacent to an activating group) is 1. The van der Waals surface area contributed by atoms with Gasteiger partial charge in [-0.15, -0.1) is 0 Å². The molecular weight excluding hydrogens is 364 g/mol. The van der Waals surface area contributed by atoms with E-state index in [9.17, 15) is 4.79 Å². The number of hydrogen-bond acceptors (Lipinski definition) is 5. The van der Waals surface area contributed by atoms with E-state index < -0.39 is 0 Å². The van der Waals surface area contributed by atoms with Crippen molar-refractivity contribution < 1.29 is 4.79 Å². The molecule has 2 atom stereocenters. The predicted octanol–water partition coefficient (Wildman–Crippen LogP) is 2.50. The number of hydrogen-bond donors (Lipinski definition) is 1. The van der Waals surface area contributed by atoms with Gasteiger partial charge in [-0.05, 0) is 44.9 Å². The van der Waals surface area contributed by atoms with Crippen LogP contribution in [0.15, 0.2) is 30.7 Å². The molecule has 7 heteroatoms. The molecule has 0 bridgehead atoms. The van der Waals surface area contributed by atoms with Crippen LogP contribution in [0.3, 0.4) is 0 Å². The summed E-state index contributed by atoms with van der Waals surface area (Å²) in [4.78, 5) is 21.4. The SMILES string of the molecule is Cc1cccnc1C1CCCC(Nc2cnn(CC(=O)N3CCN(C)CC3)c2)C1. The van der Waals surface area contributed by atoms with Gasteiger partial charge >= 0.3 is 0 Å². The van der Waals surface area contributed by atoms with Gasteiger partial charge in [-0.3, -0.25) is 14.5 Å².